The smallest absolute Gasteiger partial charge is 0.145 e. The molecular formula is C14H22N2O2. The summed E-state index contributed by atoms with van der Waals surface area (Å²) in [6, 6.07) is 6.41. The number of ether oxygens (including phenoxy) is 2. The van der Waals surface area contributed by atoms with Crippen molar-refractivity contribution in [2.24, 2.45) is 0 Å². The van der Waals surface area contributed by atoms with E-state index in [2.05, 4.69) is 10.6 Å². The van der Waals surface area contributed by atoms with Crippen molar-refractivity contribution >= 4 is 5.69 Å². The Morgan fingerprint density at radius 3 is 2.83 bits per heavy atom. The second-order valence-electron chi connectivity index (χ2n) is 4.59. The molecule has 0 aromatic heterocycles. The minimum atomic E-state index is 0.516. The Bertz CT molecular complexity index is 374. The number of rotatable bonds is 4. The Kier molecular flexibility index (Phi) is 4.70. The number of methoxy groups -OCH3 is 2. The van der Waals surface area contributed by atoms with E-state index < -0.39 is 0 Å². The average Bonchev–Trinajstić information content (AvgIpc) is 2.68. The summed E-state index contributed by atoms with van der Waals surface area (Å²) < 4.78 is 10.6. The fraction of sp³-hybridized carbons (Fsp3) is 0.571. The van der Waals surface area contributed by atoms with Gasteiger partial charge in [-0.1, -0.05) is 0 Å². The van der Waals surface area contributed by atoms with Crippen molar-refractivity contribution in [3.05, 3.63) is 18.2 Å². The maximum Gasteiger partial charge on any atom is 0.145 e. The van der Waals surface area contributed by atoms with Gasteiger partial charge < -0.3 is 20.1 Å². The molecule has 1 saturated heterocycles. The van der Waals surface area contributed by atoms with Crippen LogP contribution in [0.25, 0.3) is 0 Å². The van der Waals surface area contributed by atoms with Crippen LogP contribution in [-0.2, 0) is 0 Å². The van der Waals surface area contributed by atoms with Gasteiger partial charge in [0.05, 0.1) is 19.9 Å². The molecule has 0 saturated carbocycles. The van der Waals surface area contributed by atoms with Crippen LogP contribution >= 0.6 is 0 Å². The molecule has 0 aliphatic carbocycles. The number of hydrogen-bond acceptors (Lipinski definition) is 4. The number of benzene rings is 1. The zero-order valence-corrected chi connectivity index (χ0v) is 11.2. The van der Waals surface area contributed by atoms with Crippen molar-refractivity contribution in [2.45, 2.75) is 25.3 Å². The second-order valence-corrected chi connectivity index (χ2v) is 4.59. The van der Waals surface area contributed by atoms with E-state index in [1.54, 1.807) is 14.2 Å². The number of anilines is 1. The van der Waals surface area contributed by atoms with Gasteiger partial charge in [0.15, 0.2) is 0 Å². The molecule has 0 bridgehead atoms. The van der Waals surface area contributed by atoms with Gasteiger partial charge in [-0.25, -0.2) is 0 Å². The van der Waals surface area contributed by atoms with Gasteiger partial charge in [0.25, 0.3) is 0 Å². The predicted molar refractivity (Wildman–Crippen MR) is 73.7 cm³/mol. The van der Waals surface area contributed by atoms with Crippen molar-refractivity contribution in [2.75, 3.05) is 32.6 Å². The second kappa shape index (κ2) is 6.50. The van der Waals surface area contributed by atoms with Crippen LogP contribution in [0.15, 0.2) is 18.2 Å². The minimum Gasteiger partial charge on any atom is -0.497 e. The summed E-state index contributed by atoms with van der Waals surface area (Å²) in [6.07, 6.45) is 3.56. The van der Waals surface area contributed by atoms with Gasteiger partial charge in [0.1, 0.15) is 11.5 Å². The van der Waals surface area contributed by atoms with Crippen LogP contribution in [0, 0.1) is 0 Å². The Morgan fingerprint density at radius 2 is 2.06 bits per heavy atom. The molecular weight excluding hydrogens is 228 g/mol. The van der Waals surface area contributed by atoms with Crippen LogP contribution in [0.1, 0.15) is 19.3 Å². The van der Waals surface area contributed by atoms with Crippen LogP contribution in [0.3, 0.4) is 0 Å². The number of nitrogens with one attached hydrogen (secondary N) is 2. The molecule has 2 rings (SSSR count). The van der Waals surface area contributed by atoms with Crippen molar-refractivity contribution in [3.8, 4) is 11.5 Å². The molecule has 1 aromatic carbocycles. The van der Waals surface area contributed by atoms with Crippen LogP contribution < -0.4 is 20.1 Å². The standard InChI is InChI=1S/C14H22N2O2/c1-17-12-5-6-13(14(10-12)18-2)16-11-4-3-8-15-9-7-11/h5-6,10-11,15-16H,3-4,7-9H2,1-2H3. The molecule has 4 nitrogen and oxygen atoms in total. The molecule has 4 heteroatoms. The summed E-state index contributed by atoms with van der Waals surface area (Å²) in [6.45, 7) is 2.20. The fourth-order valence-electron chi connectivity index (χ4n) is 2.30. The van der Waals surface area contributed by atoms with Crippen molar-refractivity contribution in [3.63, 3.8) is 0 Å². The van der Waals surface area contributed by atoms with E-state index in [-0.39, 0.29) is 0 Å². The zero-order valence-electron chi connectivity index (χ0n) is 11.2. The molecule has 0 radical (unpaired) electrons. The molecule has 0 spiro atoms. The predicted octanol–water partition coefficient (Wildman–Crippen LogP) is 2.26. The van der Waals surface area contributed by atoms with Gasteiger partial charge >= 0.3 is 0 Å². The Morgan fingerprint density at radius 1 is 1.17 bits per heavy atom. The summed E-state index contributed by atoms with van der Waals surface area (Å²) in [7, 11) is 3.35. The fourth-order valence-corrected chi connectivity index (χ4v) is 2.30. The molecule has 1 aromatic rings. The molecule has 18 heavy (non-hydrogen) atoms. The highest BCUT2D eigenvalue weighted by atomic mass is 16.5. The van der Waals surface area contributed by atoms with E-state index >= 15 is 0 Å². The van der Waals surface area contributed by atoms with E-state index in [1.165, 1.54) is 12.8 Å². The monoisotopic (exact) mass is 250 g/mol. The summed E-state index contributed by atoms with van der Waals surface area (Å²) >= 11 is 0. The van der Waals surface area contributed by atoms with E-state index in [0.29, 0.717) is 6.04 Å². The summed E-state index contributed by atoms with van der Waals surface area (Å²) in [5, 5.41) is 6.99. The van der Waals surface area contributed by atoms with Crippen LogP contribution in [-0.4, -0.2) is 33.4 Å². The summed E-state index contributed by atoms with van der Waals surface area (Å²) in [5.74, 6) is 1.66. The summed E-state index contributed by atoms with van der Waals surface area (Å²) in [5.41, 5.74) is 1.05. The van der Waals surface area contributed by atoms with Gasteiger partial charge in [-0.3, -0.25) is 0 Å². The third kappa shape index (κ3) is 3.29. The Balaban J connectivity index is 2.07. The Labute approximate surface area is 109 Å². The third-order valence-electron chi connectivity index (χ3n) is 3.34. The Hall–Kier alpha value is -1.42. The van der Waals surface area contributed by atoms with Crippen molar-refractivity contribution in [1.82, 2.24) is 5.32 Å². The van der Waals surface area contributed by atoms with E-state index in [1.807, 2.05) is 18.2 Å². The lowest BCUT2D eigenvalue weighted by Gasteiger charge is -2.19. The minimum absolute atomic E-state index is 0.516. The summed E-state index contributed by atoms with van der Waals surface area (Å²) in [4.78, 5) is 0. The molecule has 1 aliphatic heterocycles. The molecule has 1 heterocycles. The van der Waals surface area contributed by atoms with Crippen LogP contribution in [0.4, 0.5) is 5.69 Å². The van der Waals surface area contributed by atoms with E-state index in [9.17, 15) is 0 Å². The first kappa shape index (κ1) is 13.0. The first-order valence-corrected chi connectivity index (χ1v) is 6.53. The molecule has 1 aliphatic rings. The average molecular weight is 250 g/mol. The largest absolute Gasteiger partial charge is 0.497 e. The normalized spacial score (nSPS) is 20.0. The first-order valence-electron chi connectivity index (χ1n) is 6.53. The number of hydrogen-bond donors (Lipinski definition) is 2. The highest BCUT2D eigenvalue weighted by molar-refractivity contribution is 5.59. The van der Waals surface area contributed by atoms with Gasteiger partial charge in [-0.2, -0.15) is 0 Å². The van der Waals surface area contributed by atoms with Crippen molar-refractivity contribution < 1.29 is 9.47 Å². The topological polar surface area (TPSA) is 42.5 Å². The maximum atomic E-state index is 5.40. The van der Waals surface area contributed by atoms with Crippen LogP contribution in [0.2, 0.25) is 0 Å². The van der Waals surface area contributed by atoms with Gasteiger partial charge in [-0.15, -0.1) is 0 Å². The highest BCUT2D eigenvalue weighted by Gasteiger charge is 2.13. The molecule has 100 valence electrons. The lowest BCUT2D eigenvalue weighted by atomic mass is 10.1. The molecule has 1 unspecified atom stereocenters. The van der Waals surface area contributed by atoms with E-state index in [4.69, 9.17) is 9.47 Å². The molecule has 1 atom stereocenters. The lowest BCUT2D eigenvalue weighted by molar-refractivity contribution is 0.395. The molecule has 1 fully saturated rings. The molecule has 2 N–H and O–H groups in total. The lowest BCUT2D eigenvalue weighted by Crippen LogP contribution is -2.21. The molecule has 0 amide bonds. The van der Waals surface area contributed by atoms with Gasteiger partial charge in [0.2, 0.25) is 0 Å². The van der Waals surface area contributed by atoms with E-state index in [0.717, 1.165) is 36.7 Å². The third-order valence-corrected chi connectivity index (χ3v) is 3.34. The highest BCUT2D eigenvalue weighted by Crippen LogP contribution is 2.30. The first-order chi connectivity index (χ1) is 8.83. The zero-order chi connectivity index (χ0) is 12.8. The van der Waals surface area contributed by atoms with Gasteiger partial charge in [-0.05, 0) is 44.5 Å². The quantitative estimate of drug-likeness (QED) is 0.860. The maximum absolute atomic E-state index is 5.40. The SMILES string of the molecule is COc1ccc(NC2CCCNCC2)c(OC)c1. The van der Waals surface area contributed by atoms with Gasteiger partial charge in [0, 0.05) is 12.1 Å². The van der Waals surface area contributed by atoms with Crippen LogP contribution in [0.5, 0.6) is 11.5 Å². The van der Waals surface area contributed by atoms with Crippen molar-refractivity contribution in [1.29, 1.82) is 0 Å².